The fraction of sp³-hybridized carbons (Fsp3) is 0.417. The number of carbonyl (C=O) groups is 1. The van der Waals surface area contributed by atoms with E-state index < -0.39 is 26.5 Å². The molecule has 2 atom stereocenters. The Morgan fingerprint density at radius 1 is 1.25 bits per heavy atom. The second-order valence-corrected chi connectivity index (χ2v) is 9.34. The summed E-state index contributed by atoms with van der Waals surface area (Å²) >= 11 is 0. The van der Waals surface area contributed by atoms with Crippen molar-refractivity contribution in [3.63, 3.8) is 0 Å². The molecule has 3 rings (SSSR count). The van der Waals surface area contributed by atoms with E-state index in [2.05, 4.69) is 12.0 Å². The van der Waals surface area contributed by atoms with Gasteiger partial charge in [-0.3, -0.25) is 9.78 Å². The zero-order chi connectivity index (χ0) is 23.3. The monoisotopic (exact) mass is 458 g/mol. The van der Waals surface area contributed by atoms with Crippen molar-refractivity contribution in [3.05, 3.63) is 52.6 Å². The van der Waals surface area contributed by atoms with E-state index in [0.29, 0.717) is 5.56 Å². The molecule has 32 heavy (non-hydrogen) atoms. The molecule has 6 nitrogen and oxygen atoms in total. The molecule has 0 saturated heterocycles. The first-order valence-electron chi connectivity index (χ1n) is 10.6. The first-order chi connectivity index (χ1) is 15.3. The molecule has 0 saturated carbocycles. The SMILES string of the molecule is CC(C)c1nc2c(c(-c3ccc(F)cc3)c1C#CO[P+](=O)C[C@@H](O)CC(=O)O)CCCC2. The molecule has 1 aromatic heterocycles. The van der Waals surface area contributed by atoms with E-state index in [4.69, 9.17) is 14.6 Å². The molecule has 1 unspecified atom stereocenters. The van der Waals surface area contributed by atoms with Gasteiger partial charge in [-0.1, -0.05) is 26.0 Å². The maximum atomic E-state index is 13.6. The lowest BCUT2D eigenvalue weighted by molar-refractivity contribution is -0.138. The van der Waals surface area contributed by atoms with Gasteiger partial charge in [0.2, 0.25) is 6.16 Å². The summed E-state index contributed by atoms with van der Waals surface area (Å²) < 4.78 is 30.8. The van der Waals surface area contributed by atoms with Crippen LogP contribution in [-0.4, -0.2) is 33.4 Å². The summed E-state index contributed by atoms with van der Waals surface area (Å²) in [4.78, 5) is 15.5. The minimum atomic E-state index is -2.36. The predicted molar refractivity (Wildman–Crippen MR) is 119 cm³/mol. The van der Waals surface area contributed by atoms with Crippen LogP contribution >= 0.6 is 8.03 Å². The van der Waals surface area contributed by atoms with Crippen molar-refractivity contribution in [2.45, 2.75) is 58.0 Å². The molecule has 0 radical (unpaired) electrons. The van der Waals surface area contributed by atoms with Crippen LogP contribution in [-0.2, 0) is 26.7 Å². The number of rotatable bonds is 7. The average Bonchev–Trinajstić information content (AvgIpc) is 2.73. The van der Waals surface area contributed by atoms with Gasteiger partial charge in [-0.05, 0) is 65.3 Å². The van der Waals surface area contributed by atoms with Crippen molar-refractivity contribution in [1.82, 2.24) is 4.98 Å². The van der Waals surface area contributed by atoms with Crippen molar-refractivity contribution >= 4 is 14.0 Å². The number of hydrogen-bond acceptors (Lipinski definition) is 5. The summed E-state index contributed by atoms with van der Waals surface area (Å²) in [5, 5.41) is 18.3. The van der Waals surface area contributed by atoms with Crippen LogP contribution in [0, 0.1) is 17.8 Å². The zero-order valence-corrected chi connectivity index (χ0v) is 19.0. The van der Waals surface area contributed by atoms with Crippen LogP contribution in [0.1, 0.15) is 61.5 Å². The molecule has 0 fully saturated rings. The average molecular weight is 458 g/mol. The predicted octanol–water partition coefficient (Wildman–Crippen LogP) is 4.79. The van der Waals surface area contributed by atoms with Crippen LogP contribution < -0.4 is 0 Å². The van der Waals surface area contributed by atoms with Crippen LogP contribution in [0.2, 0.25) is 0 Å². The molecule has 0 amide bonds. The number of carboxylic acids is 1. The molecule has 1 aromatic carbocycles. The van der Waals surface area contributed by atoms with Crippen LogP contribution in [0.25, 0.3) is 11.1 Å². The molecule has 168 valence electrons. The van der Waals surface area contributed by atoms with E-state index in [1.807, 2.05) is 13.8 Å². The maximum absolute atomic E-state index is 13.6. The Labute approximate surface area is 187 Å². The Kier molecular flexibility index (Phi) is 7.95. The Bertz CT molecular complexity index is 1070. The molecule has 2 aromatic rings. The zero-order valence-electron chi connectivity index (χ0n) is 18.1. The van der Waals surface area contributed by atoms with E-state index in [-0.39, 0.29) is 17.9 Å². The lowest BCUT2D eigenvalue weighted by atomic mass is 9.84. The van der Waals surface area contributed by atoms with Gasteiger partial charge in [0.15, 0.2) is 6.11 Å². The summed E-state index contributed by atoms with van der Waals surface area (Å²) in [6.45, 7) is 4.03. The number of aliphatic hydroxyl groups excluding tert-OH is 1. The number of benzene rings is 1. The number of aliphatic carboxylic acids is 1. The number of pyridine rings is 1. The largest absolute Gasteiger partial charge is 0.567 e. The molecular weight excluding hydrogens is 432 g/mol. The highest BCUT2D eigenvalue weighted by molar-refractivity contribution is 7.39. The van der Waals surface area contributed by atoms with Gasteiger partial charge in [0.05, 0.1) is 17.7 Å². The highest BCUT2D eigenvalue weighted by Gasteiger charge is 2.26. The quantitative estimate of drug-likeness (QED) is 0.457. The third-order valence-electron chi connectivity index (χ3n) is 5.28. The van der Waals surface area contributed by atoms with Gasteiger partial charge >= 0.3 is 14.0 Å². The first-order valence-corrected chi connectivity index (χ1v) is 12.0. The Morgan fingerprint density at radius 3 is 2.59 bits per heavy atom. The van der Waals surface area contributed by atoms with Gasteiger partial charge in [0.25, 0.3) is 0 Å². The molecule has 1 aliphatic carbocycles. The third kappa shape index (κ3) is 5.91. The molecule has 0 aliphatic heterocycles. The van der Waals surface area contributed by atoms with Gasteiger partial charge in [-0.2, -0.15) is 4.52 Å². The molecule has 8 heteroatoms. The summed E-state index contributed by atoms with van der Waals surface area (Å²) in [7, 11) is -2.36. The second kappa shape index (κ2) is 10.7. The smallest absolute Gasteiger partial charge is 0.481 e. The minimum Gasteiger partial charge on any atom is -0.481 e. The summed E-state index contributed by atoms with van der Waals surface area (Å²) in [5.41, 5.74) is 5.31. The van der Waals surface area contributed by atoms with Crippen molar-refractivity contribution in [2.24, 2.45) is 0 Å². The topological polar surface area (TPSA) is 96.7 Å². The van der Waals surface area contributed by atoms with E-state index >= 15 is 0 Å². The van der Waals surface area contributed by atoms with Gasteiger partial charge in [0, 0.05) is 11.3 Å². The summed E-state index contributed by atoms with van der Waals surface area (Å²) in [6, 6.07) is 6.26. The lowest BCUT2D eigenvalue weighted by Gasteiger charge is -2.23. The lowest BCUT2D eigenvalue weighted by Crippen LogP contribution is -2.15. The molecule has 0 spiro atoms. The van der Waals surface area contributed by atoms with Crippen LogP contribution in [0.5, 0.6) is 0 Å². The molecule has 0 bridgehead atoms. The number of hydrogen-bond donors (Lipinski definition) is 2. The van der Waals surface area contributed by atoms with E-state index in [1.54, 1.807) is 12.1 Å². The maximum Gasteiger partial charge on any atom is 0.567 e. The highest BCUT2D eigenvalue weighted by Crippen LogP contribution is 2.37. The number of aliphatic hydroxyl groups is 1. The number of aryl methyl sites for hydroxylation is 1. The second-order valence-electron chi connectivity index (χ2n) is 8.13. The van der Waals surface area contributed by atoms with Crippen molar-refractivity contribution in [1.29, 1.82) is 0 Å². The van der Waals surface area contributed by atoms with Crippen LogP contribution in [0.3, 0.4) is 0 Å². The van der Waals surface area contributed by atoms with E-state index in [1.165, 1.54) is 12.1 Å². The Hall–Kier alpha value is -2.81. The van der Waals surface area contributed by atoms with Gasteiger partial charge < -0.3 is 10.2 Å². The van der Waals surface area contributed by atoms with Crippen LogP contribution in [0.4, 0.5) is 4.39 Å². The molecular formula is C24H26FNO5P+. The molecule has 1 aliphatic rings. The number of carboxylic acid groups (broad SMARTS) is 1. The van der Waals surface area contributed by atoms with Gasteiger partial charge in [-0.15, -0.1) is 0 Å². The number of nitrogens with zero attached hydrogens (tertiary/aromatic N) is 1. The first kappa shape index (κ1) is 23.8. The molecule has 2 N–H and O–H groups in total. The minimum absolute atomic E-state index is 0.0666. The standard InChI is InChI=1S/C24H25FNO5P/c1-15(2)24-20(11-12-31-32(30)14-18(27)13-22(28)29)23(16-7-9-17(25)10-8-16)19-5-3-4-6-21(19)26-24/h7-10,15,18,27H,3-6,13-14H2,1-2H3/p+1/t18-/m0/s1. The summed E-state index contributed by atoms with van der Waals surface area (Å²) in [5.74, 6) is 1.52. The van der Waals surface area contributed by atoms with E-state index in [9.17, 15) is 18.9 Å². The van der Waals surface area contributed by atoms with Gasteiger partial charge in [-0.25, -0.2) is 4.39 Å². The third-order valence-corrected chi connectivity index (χ3v) is 6.29. The Morgan fingerprint density at radius 2 is 1.94 bits per heavy atom. The molecule has 1 heterocycles. The number of halogens is 1. The highest BCUT2D eigenvalue weighted by atomic mass is 31.1. The fourth-order valence-corrected chi connectivity index (χ4v) is 4.54. The number of fused-ring (bicyclic) bond motifs is 1. The van der Waals surface area contributed by atoms with E-state index in [0.717, 1.165) is 53.8 Å². The van der Waals surface area contributed by atoms with Crippen LogP contribution in [0.15, 0.2) is 24.3 Å². The van der Waals surface area contributed by atoms with Crippen molar-refractivity contribution in [3.8, 4) is 23.2 Å². The summed E-state index contributed by atoms with van der Waals surface area (Å²) in [6.07, 6.45) is 4.18. The van der Waals surface area contributed by atoms with Crippen molar-refractivity contribution < 1.29 is 28.5 Å². The number of aromatic nitrogens is 1. The fourth-order valence-electron chi connectivity index (χ4n) is 3.84. The van der Waals surface area contributed by atoms with Crippen molar-refractivity contribution in [2.75, 3.05) is 6.16 Å². The normalized spacial score (nSPS) is 14.2. The Balaban J connectivity index is 2.01. The van der Waals surface area contributed by atoms with Gasteiger partial charge in [0.1, 0.15) is 11.9 Å².